The van der Waals surface area contributed by atoms with Gasteiger partial charge in [-0.1, -0.05) is 47.5 Å². The first-order chi connectivity index (χ1) is 20.6. The molecule has 1 unspecified atom stereocenters. The fourth-order valence-electron chi connectivity index (χ4n) is 5.17. The molecule has 0 aliphatic heterocycles. The lowest BCUT2D eigenvalue weighted by Crippen LogP contribution is -2.58. The summed E-state index contributed by atoms with van der Waals surface area (Å²) in [4.78, 5) is 52.1. The Kier molecular flexibility index (Phi) is 16.3. The van der Waals surface area contributed by atoms with E-state index < -0.39 is 81.3 Å². The molecule has 0 aromatic rings. The van der Waals surface area contributed by atoms with E-state index in [0.717, 1.165) is 19.1 Å². The number of sulfone groups is 1. The summed E-state index contributed by atoms with van der Waals surface area (Å²) in [5.41, 5.74) is -0.804. The Bertz CT molecular complexity index is 1090. The quantitative estimate of drug-likeness (QED) is 0.143. The molecule has 262 valence electrons. The van der Waals surface area contributed by atoms with Crippen LogP contribution in [0.15, 0.2) is 0 Å². The van der Waals surface area contributed by atoms with Crippen LogP contribution in [-0.2, 0) is 29.0 Å². The van der Waals surface area contributed by atoms with Gasteiger partial charge in [0.05, 0.1) is 30.0 Å². The number of alkyl carbamates (subject to hydrolysis) is 1. The number of rotatable bonds is 16. The number of carbonyl (C=O) groups is 4. The Hall–Kier alpha value is -2.45. The molecule has 1 aliphatic carbocycles. The van der Waals surface area contributed by atoms with Crippen molar-refractivity contribution in [1.82, 2.24) is 21.3 Å². The number of amides is 4. The van der Waals surface area contributed by atoms with Gasteiger partial charge in [0.15, 0.2) is 0 Å². The first kappa shape index (κ1) is 40.6. The van der Waals surface area contributed by atoms with E-state index in [9.17, 15) is 37.8 Å². The van der Waals surface area contributed by atoms with Crippen LogP contribution >= 0.6 is 0 Å². The number of ether oxygens (including phenoxy) is 1. The van der Waals surface area contributed by atoms with Gasteiger partial charge >= 0.3 is 6.09 Å². The van der Waals surface area contributed by atoms with Crippen molar-refractivity contribution in [3.8, 4) is 0 Å². The molecule has 1 aliphatic rings. The van der Waals surface area contributed by atoms with Crippen molar-refractivity contribution in [3.63, 3.8) is 0 Å². The normalized spacial score (nSPS) is 20.8. The Morgan fingerprint density at radius 1 is 0.889 bits per heavy atom. The number of carbonyl (C=O) groups excluding carboxylic acids is 4. The molecule has 0 bridgehead atoms. The molecule has 4 amide bonds. The van der Waals surface area contributed by atoms with E-state index in [0.29, 0.717) is 19.3 Å². The molecular weight excluding hydrogens is 604 g/mol. The minimum Gasteiger partial charge on any atom is -0.444 e. The van der Waals surface area contributed by atoms with Crippen LogP contribution in [0.3, 0.4) is 0 Å². The fraction of sp³-hybridized carbons (Fsp3) is 0.871. The lowest BCUT2D eigenvalue weighted by Gasteiger charge is -2.32. The predicted molar refractivity (Wildman–Crippen MR) is 172 cm³/mol. The van der Waals surface area contributed by atoms with Gasteiger partial charge in [0.1, 0.15) is 27.5 Å². The Morgan fingerprint density at radius 3 is 2.00 bits per heavy atom. The fourth-order valence-corrected chi connectivity index (χ4v) is 5.84. The number of hydrogen-bond donors (Lipinski definition) is 6. The van der Waals surface area contributed by atoms with Crippen LogP contribution in [-0.4, -0.2) is 96.4 Å². The molecule has 14 heteroatoms. The van der Waals surface area contributed by atoms with Gasteiger partial charge in [0.2, 0.25) is 17.7 Å². The molecule has 1 saturated carbocycles. The second-order valence-electron chi connectivity index (χ2n) is 14.3. The summed E-state index contributed by atoms with van der Waals surface area (Å²) in [5, 5.41) is 32.2. The molecule has 13 nitrogen and oxygen atoms in total. The number of hydrogen-bond acceptors (Lipinski definition) is 9. The SMILES string of the molecule is CC(C)C[C@H](NC(=O)[C@H](CCS(C)(=O)=O)NC(=O)[C@@H](NC(=O)OC(C)(C)C)C(C)C)[C@@H](O)C[C@@H](C)C(=O)NC1CCCC[C@@H]1O. The molecule has 7 atom stereocenters. The predicted octanol–water partition coefficient (Wildman–Crippen LogP) is 1.79. The van der Waals surface area contributed by atoms with Crippen molar-refractivity contribution in [2.45, 2.75) is 142 Å². The third kappa shape index (κ3) is 16.1. The highest BCUT2D eigenvalue weighted by atomic mass is 32.2. The standard InChI is InChI=1S/C31H58N4O9S/c1-18(2)16-23(25(37)17-20(5)27(38)32-21-12-10-11-13-24(21)36)34-28(39)22(14-15-45(9,42)43)33-29(40)26(19(3)4)35-30(41)44-31(6,7)8/h18-26,36-37H,10-17H2,1-9H3,(H,32,38)(H,33,40)(H,34,39)(H,35,41)/t20-,21?,22+,23+,24+,25+,26+/m1/s1. The molecule has 45 heavy (non-hydrogen) atoms. The summed E-state index contributed by atoms with van der Waals surface area (Å²) >= 11 is 0. The molecule has 0 saturated heterocycles. The van der Waals surface area contributed by atoms with Gasteiger partial charge in [-0.15, -0.1) is 0 Å². The largest absolute Gasteiger partial charge is 0.444 e. The zero-order valence-corrected chi connectivity index (χ0v) is 29.3. The number of aliphatic hydroxyl groups is 2. The van der Waals surface area contributed by atoms with Crippen molar-refractivity contribution < 1.29 is 42.5 Å². The van der Waals surface area contributed by atoms with Crippen molar-refractivity contribution in [1.29, 1.82) is 0 Å². The lowest BCUT2D eigenvalue weighted by molar-refractivity contribution is -0.131. The van der Waals surface area contributed by atoms with Gasteiger partial charge in [-0.3, -0.25) is 14.4 Å². The first-order valence-corrected chi connectivity index (χ1v) is 18.1. The number of nitrogens with one attached hydrogen (secondary N) is 4. The minimum atomic E-state index is -3.50. The Morgan fingerprint density at radius 2 is 1.49 bits per heavy atom. The van der Waals surface area contributed by atoms with Crippen LogP contribution in [0.5, 0.6) is 0 Å². The summed E-state index contributed by atoms with van der Waals surface area (Å²) < 4.78 is 29.2. The molecular formula is C31H58N4O9S. The molecule has 1 rings (SSSR count). The third-order valence-electron chi connectivity index (χ3n) is 7.65. The van der Waals surface area contributed by atoms with Crippen LogP contribution in [0.4, 0.5) is 4.79 Å². The van der Waals surface area contributed by atoms with Crippen molar-refractivity contribution in [3.05, 3.63) is 0 Å². The second-order valence-corrected chi connectivity index (χ2v) is 16.5. The highest BCUT2D eigenvalue weighted by molar-refractivity contribution is 7.90. The van der Waals surface area contributed by atoms with Crippen LogP contribution in [0.2, 0.25) is 0 Å². The molecule has 0 aromatic carbocycles. The molecule has 0 aromatic heterocycles. The molecule has 6 N–H and O–H groups in total. The van der Waals surface area contributed by atoms with Crippen LogP contribution in [0, 0.1) is 17.8 Å². The second kappa shape index (κ2) is 18.0. The van der Waals surface area contributed by atoms with Crippen molar-refractivity contribution in [2.75, 3.05) is 12.0 Å². The van der Waals surface area contributed by atoms with Gasteiger partial charge in [-0.25, -0.2) is 13.2 Å². The van der Waals surface area contributed by atoms with E-state index in [4.69, 9.17) is 4.74 Å². The number of aliphatic hydroxyl groups excluding tert-OH is 2. The highest BCUT2D eigenvalue weighted by Crippen LogP contribution is 2.21. The molecule has 0 radical (unpaired) electrons. The minimum absolute atomic E-state index is 0.0297. The summed E-state index contributed by atoms with van der Waals surface area (Å²) in [6, 6.07) is -3.50. The van der Waals surface area contributed by atoms with E-state index in [1.807, 2.05) is 13.8 Å². The van der Waals surface area contributed by atoms with Crippen molar-refractivity contribution >= 4 is 33.7 Å². The van der Waals surface area contributed by atoms with E-state index in [2.05, 4.69) is 21.3 Å². The Balaban J connectivity index is 3.08. The zero-order chi connectivity index (χ0) is 34.7. The van der Waals surface area contributed by atoms with Crippen LogP contribution < -0.4 is 21.3 Å². The maximum atomic E-state index is 13.6. The molecule has 1 fully saturated rings. The maximum Gasteiger partial charge on any atom is 0.408 e. The van der Waals surface area contributed by atoms with E-state index in [1.54, 1.807) is 41.5 Å². The summed E-state index contributed by atoms with van der Waals surface area (Å²) in [6.07, 6.45) is 1.73. The third-order valence-corrected chi connectivity index (χ3v) is 8.63. The van der Waals surface area contributed by atoms with Crippen LogP contribution in [0.1, 0.15) is 100 Å². The van der Waals surface area contributed by atoms with Crippen LogP contribution in [0.25, 0.3) is 0 Å². The summed E-state index contributed by atoms with van der Waals surface area (Å²) in [7, 11) is -3.50. The molecule has 0 spiro atoms. The zero-order valence-electron chi connectivity index (χ0n) is 28.5. The Labute approximate surface area is 269 Å². The van der Waals surface area contributed by atoms with Gasteiger partial charge in [-0.2, -0.15) is 0 Å². The van der Waals surface area contributed by atoms with Gasteiger partial charge < -0.3 is 36.2 Å². The van der Waals surface area contributed by atoms with Gasteiger partial charge in [0, 0.05) is 12.2 Å². The van der Waals surface area contributed by atoms with E-state index in [-0.39, 0.29) is 30.7 Å². The molecule has 0 heterocycles. The topological polar surface area (TPSA) is 200 Å². The summed E-state index contributed by atoms with van der Waals surface area (Å²) in [6.45, 7) is 13.9. The average Bonchev–Trinajstić information content (AvgIpc) is 2.88. The summed E-state index contributed by atoms with van der Waals surface area (Å²) in [5.74, 6) is -3.05. The average molecular weight is 663 g/mol. The van der Waals surface area contributed by atoms with E-state index >= 15 is 0 Å². The highest BCUT2D eigenvalue weighted by Gasteiger charge is 2.34. The van der Waals surface area contributed by atoms with E-state index in [1.165, 1.54) is 0 Å². The van der Waals surface area contributed by atoms with Crippen molar-refractivity contribution in [2.24, 2.45) is 17.8 Å². The lowest BCUT2D eigenvalue weighted by atomic mass is 9.90. The first-order valence-electron chi connectivity index (χ1n) is 16.0. The van der Waals surface area contributed by atoms with Gasteiger partial charge in [0.25, 0.3) is 0 Å². The maximum absolute atomic E-state index is 13.6. The smallest absolute Gasteiger partial charge is 0.408 e. The monoisotopic (exact) mass is 662 g/mol. The van der Waals surface area contributed by atoms with Gasteiger partial charge in [-0.05, 0) is 64.7 Å².